The SMILES string of the molecule is CC(C)CC(OC1C2CC3C1OS(=O)(=O)C3C2)C(F)(F)C(=O)O. The minimum absolute atomic E-state index is 0.129. The van der Waals surface area contributed by atoms with Crippen molar-refractivity contribution in [3.05, 3.63) is 0 Å². The first kappa shape index (κ1) is 17.0. The third-order valence-electron chi connectivity index (χ3n) is 5.11. The number of hydrogen-bond donors (Lipinski definition) is 1. The molecule has 23 heavy (non-hydrogen) atoms. The monoisotopic (exact) mass is 354 g/mol. The van der Waals surface area contributed by atoms with Crippen molar-refractivity contribution in [2.24, 2.45) is 17.8 Å². The highest BCUT2D eigenvalue weighted by Gasteiger charge is 2.65. The third kappa shape index (κ3) is 2.66. The number of rotatable bonds is 6. The van der Waals surface area contributed by atoms with Crippen LogP contribution in [0.4, 0.5) is 8.78 Å². The molecule has 3 fully saturated rings. The lowest BCUT2D eigenvalue weighted by molar-refractivity contribution is -0.207. The quantitative estimate of drug-likeness (QED) is 0.730. The fourth-order valence-corrected chi connectivity index (χ4v) is 6.00. The number of alkyl halides is 2. The molecule has 0 aromatic carbocycles. The number of halogens is 2. The van der Waals surface area contributed by atoms with E-state index in [1.807, 2.05) is 0 Å². The van der Waals surface area contributed by atoms with Gasteiger partial charge in [-0.2, -0.15) is 17.2 Å². The molecule has 1 aliphatic heterocycles. The molecule has 1 N–H and O–H groups in total. The lowest BCUT2D eigenvalue weighted by atomic mass is 9.93. The van der Waals surface area contributed by atoms with Crippen LogP contribution in [0.3, 0.4) is 0 Å². The van der Waals surface area contributed by atoms with Gasteiger partial charge in [0.25, 0.3) is 10.1 Å². The highest BCUT2D eigenvalue weighted by Crippen LogP contribution is 2.56. The predicted octanol–water partition coefficient (Wildman–Crippen LogP) is 1.64. The summed E-state index contributed by atoms with van der Waals surface area (Å²) in [5.41, 5.74) is 0. The summed E-state index contributed by atoms with van der Waals surface area (Å²) in [7, 11) is -3.66. The fourth-order valence-electron chi connectivity index (χ4n) is 4.11. The van der Waals surface area contributed by atoms with E-state index in [9.17, 15) is 22.0 Å². The second kappa shape index (κ2) is 5.35. The average Bonchev–Trinajstić information content (AvgIpc) is 3.00. The zero-order valence-electron chi connectivity index (χ0n) is 12.8. The van der Waals surface area contributed by atoms with Crippen LogP contribution in [-0.4, -0.2) is 49.0 Å². The van der Waals surface area contributed by atoms with Crippen LogP contribution in [0.25, 0.3) is 0 Å². The Kier molecular flexibility index (Phi) is 3.97. The summed E-state index contributed by atoms with van der Waals surface area (Å²) in [5, 5.41) is 8.22. The Morgan fingerprint density at radius 3 is 2.61 bits per heavy atom. The van der Waals surface area contributed by atoms with Crippen LogP contribution in [0.5, 0.6) is 0 Å². The molecule has 0 aromatic rings. The van der Waals surface area contributed by atoms with Gasteiger partial charge >= 0.3 is 11.9 Å². The number of ether oxygens (including phenoxy) is 1. The summed E-state index contributed by atoms with van der Waals surface area (Å²) in [5.74, 6) is -6.85. The van der Waals surface area contributed by atoms with E-state index in [2.05, 4.69) is 0 Å². The molecule has 6 atom stereocenters. The lowest BCUT2D eigenvalue weighted by Crippen LogP contribution is -2.48. The van der Waals surface area contributed by atoms with Crippen molar-refractivity contribution in [2.75, 3.05) is 0 Å². The minimum Gasteiger partial charge on any atom is -0.477 e. The van der Waals surface area contributed by atoms with E-state index in [1.54, 1.807) is 13.8 Å². The fraction of sp³-hybridized carbons (Fsp3) is 0.929. The first-order chi connectivity index (χ1) is 10.5. The van der Waals surface area contributed by atoms with E-state index in [0.29, 0.717) is 12.8 Å². The van der Waals surface area contributed by atoms with E-state index >= 15 is 0 Å². The van der Waals surface area contributed by atoms with Crippen LogP contribution >= 0.6 is 0 Å². The summed E-state index contributed by atoms with van der Waals surface area (Å²) in [4.78, 5) is 10.9. The molecule has 6 nitrogen and oxygen atoms in total. The number of aliphatic carboxylic acids is 1. The van der Waals surface area contributed by atoms with Gasteiger partial charge in [-0.25, -0.2) is 4.79 Å². The van der Waals surface area contributed by atoms with Gasteiger partial charge in [-0.3, -0.25) is 4.18 Å². The normalized spacial score (nSPS) is 39.1. The van der Waals surface area contributed by atoms with Gasteiger partial charge in [-0.1, -0.05) is 13.8 Å². The van der Waals surface area contributed by atoms with Crippen molar-refractivity contribution in [1.29, 1.82) is 0 Å². The van der Waals surface area contributed by atoms with Gasteiger partial charge in [-0.15, -0.1) is 0 Å². The summed E-state index contributed by atoms with van der Waals surface area (Å²) in [6.07, 6.45) is -2.58. The Morgan fingerprint density at radius 1 is 1.39 bits per heavy atom. The molecule has 0 spiro atoms. The van der Waals surface area contributed by atoms with E-state index in [-0.39, 0.29) is 24.2 Å². The molecule has 3 aliphatic rings. The van der Waals surface area contributed by atoms with E-state index in [4.69, 9.17) is 14.0 Å². The molecule has 1 saturated heterocycles. The Labute approximate surface area is 133 Å². The van der Waals surface area contributed by atoms with Crippen LogP contribution in [0.2, 0.25) is 0 Å². The van der Waals surface area contributed by atoms with Crippen LogP contribution in [-0.2, 0) is 23.8 Å². The molecule has 2 saturated carbocycles. The molecule has 0 aromatic heterocycles. The molecule has 6 unspecified atom stereocenters. The first-order valence-corrected chi connectivity index (χ1v) is 9.20. The minimum atomic E-state index is -4.02. The van der Waals surface area contributed by atoms with Crippen LogP contribution in [0.1, 0.15) is 33.1 Å². The van der Waals surface area contributed by atoms with Crippen molar-refractivity contribution < 1.29 is 36.0 Å². The van der Waals surface area contributed by atoms with E-state index < -0.39 is 45.6 Å². The van der Waals surface area contributed by atoms with Crippen molar-refractivity contribution >= 4 is 16.1 Å². The summed E-state index contributed by atoms with van der Waals surface area (Å²) in [6, 6.07) is 0. The van der Waals surface area contributed by atoms with Gasteiger partial charge in [-0.05, 0) is 31.1 Å². The molecule has 0 radical (unpaired) electrons. The maximum Gasteiger partial charge on any atom is 0.377 e. The molecule has 132 valence electrons. The molecule has 3 rings (SSSR count). The molecule has 0 amide bonds. The third-order valence-corrected chi connectivity index (χ3v) is 6.88. The number of carboxylic acid groups (broad SMARTS) is 1. The zero-order chi connectivity index (χ0) is 17.2. The number of carboxylic acids is 1. The van der Waals surface area contributed by atoms with Gasteiger partial charge in [0, 0.05) is 5.92 Å². The van der Waals surface area contributed by atoms with Gasteiger partial charge in [0.05, 0.1) is 11.4 Å². The Bertz CT molecular complexity index is 604. The number of hydrogen-bond acceptors (Lipinski definition) is 5. The van der Waals surface area contributed by atoms with Crippen molar-refractivity contribution in [3.63, 3.8) is 0 Å². The largest absolute Gasteiger partial charge is 0.477 e. The highest BCUT2D eigenvalue weighted by atomic mass is 32.2. The second-order valence-corrected chi connectivity index (χ2v) is 8.92. The lowest BCUT2D eigenvalue weighted by Gasteiger charge is -2.33. The Balaban J connectivity index is 1.81. The highest BCUT2D eigenvalue weighted by molar-refractivity contribution is 7.87. The van der Waals surface area contributed by atoms with E-state index in [0.717, 1.165) is 0 Å². The molecular weight excluding hydrogens is 334 g/mol. The molecule has 2 aliphatic carbocycles. The number of carbonyl (C=O) groups is 1. The van der Waals surface area contributed by atoms with E-state index in [1.165, 1.54) is 0 Å². The standard InChI is InChI=1S/C14H20F2O6S/c1-6(2)3-10(14(15,16)13(17)18)21-11-7-4-8-9(5-7)23(19,20)22-12(8)11/h6-12H,3-5H2,1-2H3,(H,17,18). The molecule has 9 heteroatoms. The van der Waals surface area contributed by atoms with Crippen LogP contribution in [0, 0.1) is 17.8 Å². The Hall–Kier alpha value is -0.800. The molecule has 1 heterocycles. The Morgan fingerprint density at radius 2 is 2.04 bits per heavy atom. The van der Waals surface area contributed by atoms with Crippen molar-refractivity contribution in [1.82, 2.24) is 0 Å². The van der Waals surface area contributed by atoms with Crippen LogP contribution < -0.4 is 0 Å². The van der Waals surface area contributed by atoms with Gasteiger partial charge < -0.3 is 9.84 Å². The average molecular weight is 354 g/mol. The first-order valence-electron chi connectivity index (χ1n) is 7.72. The zero-order valence-corrected chi connectivity index (χ0v) is 13.6. The smallest absolute Gasteiger partial charge is 0.377 e. The van der Waals surface area contributed by atoms with Crippen LogP contribution in [0.15, 0.2) is 0 Å². The maximum atomic E-state index is 14.0. The second-order valence-electron chi connectivity index (χ2n) is 7.13. The van der Waals surface area contributed by atoms with Gasteiger partial charge in [0.15, 0.2) is 0 Å². The van der Waals surface area contributed by atoms with Crippen molar-refractivity contribution in [2.45, 2.75) is 62.6 Å². The van der Waals surface area contributed by atoms with Crippen molar-refractivity contribution in [3.8, 4) is 0 Å². The molecular formula is C14H20F2O6S. The van der Waals surface area contributed by atoms with Gasteiger partial charge in [0.1, 0.15) is 12.2 Å². The maximum absolute atomic E-state index is 14.0. The number of fused-ring (bicyclic) bond motifs is 1. The molecule has 2 bridgehead atoms. The summed E-state index contributed by atoms with van der Waals surface area (Å²) in [6.45, 7) is 3.39. The topological polar surface area (TPSA) is 89.9 Å². The van der Waals surface area contributed by atoms with Gasteiger partial charge in [0.2, 0.25) is 0 Å². The summed E-state index contributed by atoms with van der Waals surface area (Å²) < 4.78 is 62.3. The summed E-state index contributed by atoms with van der Waals surface area (Å²) >= 11 is 0. The predicted molar refractivity (Wildman–Crippen MR) is 74.5 cm³/mol.